The van der Waals surface area contributed by atoms with Crippen molar-refractivity contribution in [3.8, 4) is 0 Å². The summed E-state index contributed by atoms with van der Waals surface area (Å²) in [5.74, 6) is -0.303. The second-order valence-corrected chi connectivity index (χ2v) is 8.84. The molecule has 170 valence electrons. The normalized spacial score (nSPS) is 18.1. The molecule has 0 aromatic heterocycles. The third kappa shape index (κ3) is 4.98. The minimum atomic E-state index is -0.929. The van der Waals surface area contributed by atoms with E-state index in [0.717, 1.165) is 21.3 Å². The van der Waals surface area contributed by atoms with Crippen LogP contribution in [0, 0.1) is 5.82 Å². The first-order valence-corrected chi connectivity index (χ1v) is 11.4. The molecule has 7 nitrogen and oxygen atoms in total. The fourth-order valence-electron chi connectivity index (χ4n) is 4.27. The van der Waals surface area contributed by atoms with Gasteiger partial charge in [0.1, 0.15) is 12.4 Å². The first kappa shape index (κ1) is 22.4. The van der Waals surface area contributed by atoms with E-state index in [9.17, 15) is 9.59 Å². The van der Waals surface area contributed by atoms with Gasteiger partial charge in [0, 0.05) is 36.7 Å². The Hall–Kier alpha value is -2.81. The van der Waals surface area contributed by atoms with Gasteiger partial charge in [0.15, 0.2) is 0 Å². The van der Waals surface area contributed by atoms with Crippen molar-refractivity contribution in [3.05, 3.63) is 63.4 Å². The van der Waals surface area contributed by atoms with Crippen molar-refractivity contribution < 1.29 is 23.8 Å². The molecule has 1 fully saturated rings. The largest absolute Gasteiger partial charge is 0.465 e. The van der Waals surface area contributed by atoms with Crippen molar-refractivity contribution >= 4 is 33.8 Å². The lowest BCUT2D eigenvalue weighted by molar-refractivity contribution is 0.134. The van der Waals surface area contributed by atoms with Crippen LogP contribution in [0.5, 0.6) is 0 Å². The van der Waals surface area contributed by atoms with Crippen molar-refractivity contribution in [2.75, 3.05) is 31.1 Å². The maximum Gasteiger partial charge on any atom is 0.407 e. The maximum atomic E-state index is 15.1. The first-order chi connectivity index (χ1) is 15.4. The number of anilines is 1. The molecule has 1 atom stereocenters. The van der Waals surface area contributed by atoms with Gasteiger partial charge in [-0.15, -0.1) is 0 Å². The highest BCUT2D eigenvalue weighted by Crippen LogP contribution is 2.38. The molecule has 1 unspecified atom stereocenters. The molecular formula is C23H25BrFN3O4. The summed E-state index contributed by atoms with van der Waals surface area (Å²) in [5, 5.41) is 12.0. The first-order valence-electron chi connectivity index (χ1n) is 10.6. The summed E-state index contributed by atoms with van der Waals surface area (Å²) in [5.41, 5.74) is 3.17. The van der Waals surface area contributed by atoms with E-state index in [0.29, 0.717) is 51.0 Å². The van der Waals surface area contributed by atoms with Gasteiger partial charge in [0.05, 0.1) is 5.69 Å². The topological polar surface area (TPSA) is 82.1 Å². The third-order valence-corrected chi connectivity index (χ3v) is 6.91. The van der Waals surface area contributed by atoms with Crippen LogP contribution < -0.4 is 10.2 Å². The van der Waals surface area contributed by atoms with Crippen LogP contribution in [0.2, 0.25) is 0 Å². The molecule has 0 radical (unpaired) electrons. The number of rotatable bonds is 4. The van der Waals surface area contributed by atoms with Crippen LogP contribution in [-0.2, 0) is 24.2 Å². The lowest BCUT2D eigenvalue weighted by atomic mass is 9.87. The molecule has 4 rings (SSSR count). The maximum absolute atomic E-state index is 15.1. The molecular weight excluding hydrogens is 481 g/mol. The van der Waals surface area contributed by atoms with E-state index in [1.807, 2.05) is 35.2 Å². The van der Waals surface area contributed by atoms with E-state index < -0.39 is 12.2 Å². The van der Waals surface area contributed by atoms with Crippen molar-refractivity contribution in [2.45, 2.75) is 31.9 Å². The summed E-state index contributed by atoms with van der Waals surface area (Å²) in [4.78, 5) is 26.7. The van der Waals surface area contributed by atoms with Crippen molar-refractivity contribution in [1.82, 2.24) is 10.2 Å². The average Bonchev–Trinajstić information content (AvgIpc) is 2.81. The molecule has 0 spiro atoms. The number of nitrogens with zero attached hydrogens (tertiary/aromatic N) is 2. The highest BCUT2D eigenvalue weighted by molar-refractivity contribution is 9.10. The van der Waals surface area contributed by atoms with Gasteiger partial charge in [0.25, 0.3) is 0 Å². The van der Waals surface area contributed by atoms with Crippen molar-refractivity contribution in [2.24, 2.45) is 0 Å². The number of carboxylic acid groups (broad SMARTS) is 1. The molecule has 9 heteroatoms. The number of carbonyl (C=O) groups excluding carboxylic acids is 1. The molecule has 2 aliphatic rings. The second kappa shape index (κ2) is 9.77. The Morgan fingerprint density at radius 2 is 1.88 bits per heavy atom. The van der Waals surface area contributed by atoms with Gasteiger partial charge in [0.2, 0.25) is 0 Å². The average molecular weight is 506 g/mol. The summed E-state index contributed by atoms with van der Waals surface area (Å²) in [6.07, 6.45) is 0.268. The molecule has 0 saturated carbocycles. The molecule has 2 aromatic rings. The van der Waals surface area contributed by atoms with Crippen LogP contribution in [0.15, 0.2) is 40.9 Å². The monoisotopic (exact) mass is 505 g/mol. The van der Waals surface area contributed by atoms with Gasteiger partial charge in [-0.25, -0.2) is 14.0 Å². The summed E-state index contributed by atoms with van der Waals surface area (Å²) in [7, 11) is 0. The number of piperazine rings is 1. The fourth-order valence-corrected chi connectivity index (χ4v) is 5.08. The van der Waals surface area contributed by atoms with E-state index in [-0.39, 0.29) is 18.5 Å². The lowest BCUT2D eigenvalue weighted by Crippen LogP contribution is -2.48. The predicted molar refractivity (Wildman–Crippen MR) is 121 cm³/mol. The quantitative estimate of drug-likeness (QED) is 0.651. The molecule has 1 heterocycles. The molecule has 0 bridgehead atoms. The number of benzene rings is 2. The van der Waals surface area contributed by atoms with Crippen LogP contribution in [0.1, 0.15) is 23.1 Å². The van der Waals surface area contributed by atoms with Gasteiger partial charge in [-0.3, -0.25) is 0 Å². The van der Waals surface area contributed by atoms with E-state index in [2.05, 4.69) is 21.2 Å². The van der Waals surface area contributed by atoms with Crippen LogP contribution >= 0.6 is 15.9 Å². The molecule has 2 aromatic carbocycles. The summed E-state index contributed by atoms with van der Waals surface area (Å²) in [6, 6.07) is 10.8. The molecule has 2 amide bonds. The molecule has 1 aliphatic heterocycles. The van der Waals surface area contributed by atoms with Crippen molar-refractivity contribution in [1.29, 1.82) is 0 Å². The van der Waals surface area contributed by atoms with E-state index in [1.54, 1.807) is 0 Å². The van der Waals surface area contributed by atoms with Crippen molar-refractivity contribution in [3.63, 3.8) is 0 Å². The Labute approximate surface area is 194 Å². The number of alkyl carbamates (subject to hydrolysis) is 1. The zero-order valence-electron chi connectivity index (χ0n) is 17.5. The number of fused-ring (bicyclic) bond motifs is 1. The molecule has 1 saturated heterocycles. The number of hydrogen-bond acceptors (Lipinski definition) is 4. The zero-order valence-corrected chi connectivity index (χ0v) is 19.1. The number of ether oxygens (including phenoxy) is 1. The molecule has 32 heavy (non-hydrogen) atoms. The van der Waals surface area contributed by atoms with Crippen LogP contribution in [0.25, 0.3) is 0 Å². The minimum absolute atomic E-state index is 0.189. The predicted octanol–water partition coefficient (Wildman–Crippen LogP) is 4.17. The highest BCUT2D eigenvalue weighted by atomic mass is 79.9. The van der Waals surface area contributed by atoms with Gasteiger partial charge in [-0.1, -0.05) is 30.3 Å². The fraction of sp³-hybridized carbons (Fsp3) is 0.391. The smallest absolute Gasteiger partial charge is 0.407 e. The Bertz CT molecular complexity index is 996. The molecule has 2 N–H and O–H groups in total. The number of amides is 2. The summed E-state index contributed by atoms with van der Waals surface area (Å²) < 4.78 is 21.2. The Morgan fingerprint density at radius 3 is 2.56 bits per heavy atom. The number of nitrogens with one attached hydrogen (secondary N) is 1. The van der Waals surface area contributed by atoms with Crippen LogP contribution in [0.4, 0.5) is 19.7 Å². The van der Waals surface area contributed by atoms with Gasteiger partial charge in [-0.2, -0.15) is 0 Å². The van der Waals surface area contributed by atoms with Gasteiger partial charge >= 0.3 is 12.2 Å². The Morgan fingerprint density at radius 1 is 1.16 bits per heavy atom. The number of halogens is 2. The minimum Gasteiger partial charge on any atom is -0.465 e. The Kier molecular flexibility index (Phi) is 6.83. The summed E-state index contributed by atoms with van der Waals surface area (Å²) >= 11 is 3.65. The van der Waals surface area contributed by atoms with Gasteiger partial charge in [-0.05, 0) is 57.9 Å². The standard InChI is InChI=1S/C23H25BrFN3O4/c24-21-17-7-6-16(26-22(29)32-14-15-4-2-1-3-5-15)12-18(17)19(25)13-20(21)27-8-10-28(11-9-27)23(30)31/h1-5,13,16H,6-12,14H2,(H,26,29)(H,30,31). The van der Waals surface area contributed by atoms with Crippen LogP contribution in [-0.4, -0.2) is 54.4 Å². The number of carbonyl (C=O) groups is 2. The lowest BCUT2D eigenvalue weighted by Gasteiger charge is -2.36. The third-order valence-electron chi connectivity index (χ3n) is 6.02. The SMILES string of the molecule is O=C(NC1CCc2c(Br)c(N3CCN(C(=O)O)CC3)cc(F)c2C1)OCc1ccccc1. The summed E-state index contributed by atoms with van der Waals surface area (Å²) in [6.45, 7) is 1.99. The van der Waals surface area contributed by atoms with E-state index >= 15 is 4.39 Å². The van der Waals surface area contributed by atoms with E-state index in [1.165, 1.54) is 11.0 Å². The van der Waals surface area contributed by atoms with Crippen LogP contribution in [0.3, 0.4) is 0 Å². The Balaban J connectivity index is 1.39. The second-order valence-electron chi connectivity index (χ2n) is 8.05. The van der Waals surface area contributed by atoms with E-state index in [4.69, 9.17) is 9.84 Å². The van der Waals surface area contributed by atoms with Gasteiger partial charge < -0.3 is 25.0 Å². The highest BCUT2D eigenvalue weighted by Gasteiger charge is 2.29. The number of hydrogen-bond donors (Lipinski definition) is 2. The zero-order chi connectivity index (χ0) is 22.7. The molecule has 1 aliphatic carbocycles.